The van der Waals surface area contributed by atoms with E-state index in [4.69, 9.17) is 9.47 Å². The minimum atomic E-state index is -0.0623. The highest BCUT2D eigenvalue weighted by atomic mass is 32.2. The molecule has 0 aliphatic heterocycles. The van der Waals surface area contributed by atoms with Crippen LogP contribution in [0.15, 0.2) is 47.6 Å². The van der Waals surface area contributed by atoms with Crippen molar-refractivity contribution in [3.05, 3.63) is 59.4 Å². The molecule has 0 saturated heterocycles. The Labute approximate surface area is 162 Å². The van der Waals surface area contributed by atoms with Gasteiger partial charge in [0.25, 0.3) is 0 Å². The predicted molar refractivity (Wildman–Crippen MR) is 105 cm³/mol. The van der Waals surface area contributed by atoms with Crippen molar-refractivity contribution in [1.29, 1.82) is 0 Å². The number of hydrogen-bond acceptors (Lipinski definition) is 6. The molecule has 1 aromatic heterocycles. The molecule has 2 aromatic carbocycles. The van der Waals surface area contributed by atoms with Gasteiger partial charge in [-0.1, -0.05) is 30.0 Å². The number of carbonyl (C=O) groups is 1. The van der Waals surface area contributed by atoms with Crippen molar-refractivity contribution in [2.24, 2.45) is 0 Å². The lowest BCUT2D eigenvalue weighted by atomic mass is 10.1. The molecule has 1 heterocycles. The van der Waals surface area contributed by atoms with Gasteiger partial charge in [-0.15, -0.1) is 10.2 Å². The molecule has 0 N–H and O–H groups in total. The molecule has 3 aromatic rings. The molecule has 0 saturated carbocycles. The van der Waals surface area contributed by atoms with Crippen molar-refractivity contribution in [3.8, 4) is 17.2 Å². The van der Waals surface area contributed by atoms with Crippen LogP contribution in [0.4, 0.5) is 0 Å². The van der Waals surface area contributed by atoms with Crippen molar-refractivity contribution in [3.63, 3.8) is 0 Å². The fourth-order valence-corrected chi connectivity index (χ4v) is 3.64. The van der Waals surface area contributed by atoms with E-state index in [2.05, 4.69) is 10.2 Å². The Bertz CT molecular complexity index is 969. The van der Waals surface area contributed by atoms with Crippen LogP contribution in [-0.2, 0) is 0 Å². The Morgan fingerprint density at radius 2 is 1.85 bits per heavy atom. The van der Waals surface area contributed by atoms with E-state index in [1.54, 1.807) is 32.4 Å². The van der Waals surface area contributed by atoms with Gasteiger partial charge in [-0.2, -0.15) is 0 Å². The first-order valence-electron chi connectivity index (χ1n) is 8.41. The summed E-state index contributed by atoms with van der Waals surface area (Å²) in [7, 11) is 3.11. The van der Waals surface area contributed by atoms with Gasteiger partial charge in [-0.3, -0.25) is 9.36 Å². The van der Waals surface area contributed by atoms with Crippen molar-refractivity contribution in [1.82, 2.24) is 14.8 Å². The van der Waals surface area contributed by atoms with Gasteiger partial charge >= 0.3 is 0 Å². The lowest BCUT2D eigenvalue weighted by Gasteiger charge is -2.12. The van der Waals surface area contributed by atoms with Crippen LogP contribution in [0.2, 0.25) is 0 Å². The maximum Gasteiger partial charge on any atom is 0.196 e. The summed E-state index contributed by atoms with van der Waals surface area (Å²) in [6.07, 6.45) is 0. The second-order valence-electron chi connectivity index (χ2n) is 5.93. The average molecular weight is 383 g/mol. The number of aryl methyl sites for hydroxylation is 2. The normalized spacial score (nSPS) is 10.7. The highest BCUT2D eigenvalue weighted by molar-refractivity contribution is 7.99. The highest BCUT2D eigenvalue weighted by Crippen LogP contribution is 2.28. The van der Waals surface area contributed by atoms with Gasteiger partial charge in [0.2, 0.25) is 0 Å². The zero-order valence-electron chi connectivity index (χ0n) is 15.7. The molecular weight excluding hydrogens is 362 g/mol. The van der Waals surface area contributed by atoms with Crippen LogP contribution in [0.5, 0.6) is 11.5 Å². The number of para-hydroxylation sites is 1. The standard InChI is InChI=1S/C20H21N3O3S/c1-13-7-5-6-8-17(13)23-14(2)21-22-20(23)27-12-18(24)16-11-15(25-3)9-10-19(16)26-4/h5-11H,12H2,1-4H3. The third-order valence-electron chi connectivity index (χ3n) is 4.19. The molecule has 0 spiro atoms. The number of rotatable bonds is 7. The second-order valence-corrected chi connectivity index (χ2v) is 6.87. The Morgan fingerprint density at radius 1 is 1.07 bits per heavy atom. The zero-order valence-corrected chi connectivity index (χ0v) is 16.5. The molecule has 6 nitrogen and oxygen atoms in total. The number of carbonyl (C=O) groups excluding carboxylic acids is 1. The monoisotopic (exact) mass is 383 g/mol. The topological polar surface area (TPSA) is 66.2 Å². The van der Waals surface area contributed by atoms with Crippen LogP contribution in [0.1, 0.15) is 21.7 Å². The third kappa shape index (κ3) is 3.98. The molecule has 0 unspecified atom stereocenters. The molecule has 7 heteroatoms. The van der Waals surface area contributed by atoms with E-state index in [1.165, 1.54) is 11.8 Å². The lowest BCUT2D eigenvalue weighted by Crippen LogP contribution is -2.07. The van der Waals surface area contributed by atoms with Crippen molar-refractivity contribution in [2.45, 2.75) is 19.0 Å². The van der Waals surface area contributed by atoms with Crippen molar-refractivity contribution in [2.75, 3.05) is 20.0 Å². The van der Waals surface area contributed by atoms with Crippen molar-refractivity contribution >= 4 is 17.5 Å². The number of ether oxygens (including phenoxy) is 2. The maximum atomic E-state index is 12.8. The molecule has 140 valence electrons. The fraction of sp³-hybridized carbons (Fsp3) is 0.250. The zero-order chi connectivity index (χ0) is 19.4. The third-order valence-corrected chi connectivity index (χ3v) is 5.12. The van der Waals surface area contributed by atoms with E-state index in [0.717, 1.165) is 17.1 Å². The van der Waals surface area contributed by atoms with Crippen LogP contribution < -0.4 is 9.47 Å². The summed E-state index contributed by atoms with van der Waals surface area (Å²) in [4.78, 5) is 12.8. The summed E-state index contributed by atoms with van der Waals surface area (Å²) >= 11 is 1.35. The largest absolute Gasteiger partial charge is 0.497 e. The molecule has 0 fully saturated rings. The van der Waals surface area contributed by atoms with Crippen LogP contribution in [0, 0.1) is 13.8 Å². The van der Waals surface area contributed by atoms with Gasteiger partial charge < -0.3 is 9.47 Å². The number of nitrogens with zero attached hydrogens (tertiary/aromatic N) is 3. The van der Waals surface area contributed by atoms with Gasteiger partial charge in [-0.05, 0) is 43.7 Å². The Morgan fingerprint density at radius 3 is 2.56 bits per heavy atom. The fourth-order valence-electron chi connectivity index (χ4n) is 2.77. The van der Waals surface area contributed by atoms with Crippen LogP contribution in [0.3, 0.4) is 0 Å². The van der Waals surface area contributed by atoms with Gasteiger partial charge in [0.15, 0.2) is 10.9 Å². The number of methoxy groups -OCH3 is 2. The van der Waals surface area contributed by atoms with Crippen LogP contribution in [0.25, 0.3) is 5.69 Å². The number of aromatic nitrogens is 3. The SMILES string of the molecule is COc1ccc(OC)c(C(=O)CSc2nnc(C)n2-c2ccccc2C)c1. The van der Waals surface area contributed by atoms with Gasteiger partial charge in [0.05, 0.1) is 31.2 Å². The van der Waals surface area contributed by atoms with Gasteiger partial charge in [-0.25, -0.2) is 0 Å². The highest BCUT2D eigenvalue weighted by Gasteiger charge is 2.18. The number of hydrogen-bond donors (Lipinski definition) is 0. The predicted octanol–water partition coefficient (Wildman–Crippen LogP) is 3.88. The summed E-state index contributed by atoms with van der Waals surface area (Å²) in [5.41, 5.74) is 2.61. The summed E-state index contributed by atoms with van der Waals surface area (Å²) in [5, 5.41) is 9.10. The molecule has 0 bridgehead atoms. The molecule has 0 aliphatic carbocycles. The summed E-state index contributed by atoms with van der Waals surface area (Å²) in [5.74, 6) is 2.07. The smallest absolute Gasteiger partial charge is 0.196 e. The Hall–Kier alpha value is -2.80. The molecule has 3 rings (SSSR count). The second kappa shape index (κ2) is 8.26. The van der Waals surface area contributed by atoms with Crippen molar-refractivity contribution < 1.29 is 14.3 Å². The van der Waals surface area contributed by atoms with Crippen LogP contribution in [-0.4, -0.2) is 40.5 Å². The van der Waals surface area contributed by atoms with E-state index >= 15 is 0 Å². The number of Topliss-reactive ketones (excluding diaryl/α,β-unsaturated/α-hetero) is 1. The van der Waals surface area contributed by atoms with E-state index in [1.807, 2.05) is 42.7 Å². The summed E-state index contributed by atoms with van der Waals surface area (Å²) in [6, 6.07) is 13.2. The first kappa shape index (κ1) is 19.0. The molecule has 0 aliphatic rings. The Balaban J connectivity index is 1.85. The van der Waals surface area contributed by atoms with E-state index in [-0.39, 0.29) is 11.5 Å². The van der Waals surface area contributed by atoms with E-state index < -0.39 is 0 Å². The maximum absolute atomic E-state index is 12.8. The minimum Gasteiger partial charge on any atom is -0.497 e. The molecule has 27 heavy (non-hydrogen) atoms. The summed E-state index contributed by atoms with van der Waals surface area (Å²) in [6.45, 7) is 3.94. The number of benzene rings is 2. The van der Waals surface area contributed by atoms with Crippen LogP contribution >= 0.6 is 11.8 Å². The van der Waals surface area contributed by atoms with Gasteiger partial charge in [0.1, 0.15) is 17.3 Å². The minimum absolute atomic E-state index is 0.0623. The van der Waals surface area contributed by atoms with E-state index in [9.17, 15) is 4.79 Å². The quantitative estimate of drug-likeness (QED) is 0.456. The number of ketones is 1. The first-order chi connectivity index (χ1) is 13.0. The summed E-state index contributed by atoms with van der Waals surface area (Å²) < 4.78 is 12.5. The van der Waals surface area contributed by atoms with E-state index in [0.29, 0.717) is 22.2 Å². The molecule has 0 amide bonds. The first-order valence-corrected chi connectivity index (χ1v) is 9.39. The number of thioether (sulfide) groups is 1. The lowest BCUT2D eigenvalue weighted by molar-refractivity contribution is 0.101. The average Bonchev–Trinajstić information content (AvgIpc) is 3.06. The Kier molecular flexibility index (Phi) is 5.81. The van der Waals surface area contributed by atoms with Gasteiger partial charge in [0, 0.05) is 0 Å². The molecule has 0 atom stereocenters. The molecule has 0 radical (unpaired) electrons. The molecular formula is C20H21N3O3S.